The molecule has 0 amide bonds. The van der Waals surface area contributed by atoms with Crippen molar-refractivity contribution in [1.29, 1.82) is 0 Å². The Bertz CT molecular complexity index is 420. The van der Waals surface area contributed by atoms with Gasteiger partial charge in [0.15, 0.2) is 0 Å². The Kier molecular flexibility index (Phi) is 5.64. The fourth-order valence-corrected chi connectivity index (χ4v) is 2.45. The van der Waals surface area contributed by atoms with Crippen LogP contribution < -0.4 is 5.32 Å². The van der Waals surface area contributed by atoms with Crippen LogP contribution in [0.2, 0.25) is 0 Å². The average molecular weight is 280 g/mol. The van der Waals surface area contributed by atoms with Crippen LogP contribution in [0.1, 0.15) is 24.9 Å². The normalized spacial score (nSPS) is 18.1. The van der Waals surface area contributed by atoms with Gasteiger partial charge in [0, 0.05) is 30.8 Å². The molecule has 1 aromatic carbocycles. The number of phenols is 2. The predicted octanol–water partition coefficient (Wildman–Crippen LogP) is 1.47. The van der Waals surface area contributed by atoms with Gasteiger partial charge in [-0.2, -0.15) is 0 Å². The molecule has 0 saturated carbocycles. The fourth-order valence-electron chi connectivity index (χ4n) is 2.45. The molecule has 20 heavy (non-hydrogen) atoms. The van der Waals surface area contributed by atoms with Gasteiger partial charge < -0.3 is 20.3 Å². The molecule has 0 radical (unpaired) electrons. The summed E-state index contributed by atoms with van der Waals surface area (Å²) < 4.78 is 5.32. The third kappa shape index (κ3) is 4.37. The number of benzene rings is 1. The summed E-state index contributed by atoms with van der Waals surface area (Å²) in [7, 11) is 0. The van der Waals surface area contributed by atoms with Gasteiger partial charge in [-0.25, -0.2) is 0 Å². The molecule has 112 valence electrons. The standard InChI is InChI=1S/C15H24N2O3/c1-12(14-4-3-13(18)11-15(14)19)16-5-2-6-17-7-9-20-10-8-17/h3-4,11-12,16,18-19H,2,5-10H2,1H3. The van der Waals surface area contributed by atoms with Gasteiger partial charge in [-0.3, -0.25) is 4.90 Å². The summed E-state index contributed by atoms with van der Waals surface area (Å²) in [6.07, 6.45) is 1.07. The molecule has 1 atom stereocenters. The molecule has 0 aromatic heterocycles. The van der Waals surface area contributed by atoms with E-state index in [1.807, 2.05) is 6.92 Å². The van der Waals surface area contributed by atoms with E-state index in [0.29, 0.717) is 0 Å². The maximum absolute atomic E-state index is 9.80. The summed E-state index contributed by atoms with van der Waals surface area (Å²) in [6.45, 7) is 7.71. The van der Waals surface area contributed by atoms with Crippen molar-refractivity contribution in [3.8, 4) is 11.5 Å². The number of nitrogens with zero attached hydrogens (tertiary/aromatic N) is 1. The Morgan fingerprint density at radius 2 is 2.05 bits per heavy atom. The molecule has 0 spiro atoms. The zero-order valence-electron chi connectivity index (χ0n) is 12.0. The van der Waals surface area contributed by atoms with Crippen molar-refractivity contribution in [2.75, 3.05) is 39.4 Å². The van der Waals surface area contributed by atoms with Crippen LogP contribution in [0.5, 0.6) is 11.5 Å². The Morgan fingerprint density at radius 3 is 2.75 bits per heavy atom. The maximum Gasteiger partial charge on any atom is 0.124 e. The second kappa shape index (κ2) is 7.47. The molecule has 0 aliphatic carbocycles. The van der Waals surface area contributed by atoms with Gasteiger partial charge in [0.1, 0.15) is 11.5 Å². The van der Waals surface area contributed by atoms with Crippen LogP contribution in [-0.2, 0) is 4.74 Å². The molecule has 2 rings (SSSR count). The third-order valence-corrected chi connectivity index (χ3v) is 3.69. The lowest BCUT2D eigenvalue weighted by molar-refractivity contribution is 0.0374. The second-order valence-corrected chi connectivity index (χ2v) is 5.23. The summed E-state index contributed by atoms with van der Waals surface area (Å²) in [4.78, 5) is 2.41. The highest BCUT2D eigenvalue weighted by Crippen LogP contribution is 2.27. The molecule has 1 aromatic rings. The first kappa shape index (κ1) is 15.1. The molecule has 1 unspecified atom stereocenters. The molecule has 0 bridgehead atoms. The van der Waals surface area contributed by atoms with E-state index in [-0.39, 0.29) is 17.5 Å². The van der Waals surface area contributed by atoms with E-state index >= 15 is 0 Å². The van der Waals surface area contributed by atoms with Crippen LogP contribution in [0.3, 0.4) is 0 Å². The zero-order chi connectivity index (χ0) is 14.4. The van der Waals surface area contributed by atoms with Crippen molar-refractivity contribution in [2.24, 2.45) is 0 Å². The summed E-state index contributed by atoms with van der Waals surface area (Å²) in [5.74, 6) is 0.226. The van der Waals surface area contributed by atoms with Crippen molar-refractivity contribution in [2.45, 2.75) is 19.4 Å². The number of ether oxygens (including phenoxy) is 1. The van der Waals surface area contributed by atoms with E-state index in [0.717, 1.165) is 51.4 Å². The summed E-state index contributed by atoms with van der Waals surface area (Å²) in [5, 5.41) is 22.5. The third-order valence-electron chi connectivity index (χ3n) is 3.69. The molecule has 1 heterocycles. The largest absolute Gasteiger partial charge is 0.508 e. The monoisotopic (exact) mass is 280 g/mol. The Hall–Kier alpha value is -1.30. The van der Waals surface area contributed by atoms with Crippen molar-refractivity contribution in [3.05, 3.63) is 23.8 Å². The van der Waals surface area contributed by atoms with Crippen LogP contribution in [0.4, 0.5) is 0 Å². The predicted molar refractivity (Wildman–Crippen MR) is 78.1 cm³/mol. The Labute approximate surface area is 120 Å². The lowest BCUT2D eigenvalue weighted by Crippen LogP contribution is -2.37. The van der Waals surface area contributed by atoms with Crippen LogP contribution >= 0.6 is 0 Å². The van der Waals surface area contributed by atoms with Gasteiger partial charge >= 0.3 is 0 Å². The van der Waals surface area contributed by atoms with E-state index in [4.69, 9.17) is 4.74 Å². The summed E-state index contributed by atoms with van der Waals surface area (Å²) in [6, 6.07) is 4.80. The number of nitrogens with one attached hydrogen (secondary N) is 1. The van der Waals surface area contributed by atoms with Crippen LogP contribution in [0, 0.1) is 0 Å². The first-order valence-electron chi connectivity index (χ1n) is 7.22. The zero-order valence-corrected chi connectivity index (χ0v) is 12.0. The lowest BCUT2D eigenvalue weighted by Gasteiger charge is -2.26. The van der Waals surface area contributed by atoms with Crippen LogP contribution in [0.15, 0.2) is 18.2 Å². The fraction of sp³-hybridized carbons (Fsp3) is 0.600. The Morgan fingerprint density at radius 1 is 1.30 bits per heavy atom. The minimum Gasteiger partial charge on any atom is -0.508 e. The second-order valence-electron chi connectivity index (χ2n) is 5.23. The lowest BCUT2D eigenvalue weighted by atomic mass is 10.1. The van der Waals surface area contributed by atoms with Gasteiger partial charge in [-0.1, -0.05) is 6.07 Å². The van der Waals surface area contributed by atoms with E-state index in [9.17, 15) is 10.2 Å². The van der Waals surface area contributed by atoms with Crippen LogP contribution in [0.25, 0.3) is 0 Å². The Balaban J connectivity index is 1.70. The quantitative estimate of drug-likeness (QED) is 0.689. The molecule has 1 aliphatic rings. The average Bonchev–Trinajstić information content (AvgIpc) is 2.44. The van der Waals surface area contributed by atoms with Crippen molar-refractivity contribution >= 4 is 0 Å². The number of phenolic OH excluding ortho intramolecular Hbond substituents is 2. The van der Waals surface area contributed by atoms with E-state index in [2.05, 4.69) is 10.2 Å². The molecule has 1 aliphatic heterocycles. The number of hydrogen-bond donors (Lipinski definition) is 3. The van der Waals surface area contributed by atoms with Gasteiger partial charge in [-0.05, 0) is 32.5 Å². The minimum absolute atomic E-state index is 0.0697. The highest BCUT2D eigenvalue weighted by molar-refractivity contribution is 5.40. The van der Waals surface area contributed by atoms with Gasteiger partial charge in [0.05, 0.1) is 13.2 Å². The molecule has 5 heteroatoms. The SMILES string of the molecule is CC(NCCCN1CCOCC1)c1ccc(O)cc1O. The van der Waals surface area contributed by atoms with Gasteiger partial charge in [-0.15, -0.1) is 0 Å². The molecule has 5 nitrogen and oxygen atoms in total. The highest BCUT2D eigenvalue weighted by Gasteiger charge is 2.12. The van der Waals surface area contributed by atoms with E-state index in [1.165, 1.54) is 6.07 Å². The first-order chi connectivity index (χ1) is 9.66. The number of morpholine rings is 1. The van der Waals surface area contributed by atoms with Gasteiger partial charge in [0.2, 0.25) is 0 Å². The molecule has 1 saturated heterocycles. The van der Waals surface area contributed by atoms with E-state index in [1.54, 1.807) is 12.1 Å². The highest BCUT2D eigenvalue weighted by atomic mass is 16.5. The smallest absolute Gasteiger partial charge is 0.124 e. The number of hydrogen-bond acceptors (Lipinski definition) is 5. The first-order valence-corrected chi connectivity index (χ1v) is 7.22. The van der Waals surface area contributed by atoms with Crippen molar-refractivity contribution in [1.82, 2.24) is 10.2 Å². The van der Waals surface area contributed by atoms with Crippen LogP contribution in [-0.4, -0.2) is 54.5 Å². The van der Waals surface area contributed by atoms with Crippen molar-refractivity contribution in [3.63, 3.8) is 0 Å². The summed E-state index contributed by atoms with van der Waals surface area (Å²) in [5.41, 5.74) is 0.814. The number of rotatable bonds is 6. The number of aromatic hydroxyl groups is 2. The van der Waals surface area contributed by atoms with E-state index < -0.39 is 0 Å². The molecule has 1 fully saturated rings. The maximum atomic E-state index is 9.80. The van der Waals surface area contributed by atoms with Gasteiger partial charge in [0.25, 0.3) is 0 Å². The molecular weight excluding hydrogens is 256 g/mol. The summed E-state index contributed by atoms with van der Waals surface area (Å²) >= 11 is 0. The molecule has 3 N–H and O–H groups in total. The van der Waals surface area contributed by atoms with Crippen molar-refractivity contribution < 1.29 is 14.9 Å². The molecular formula is C15H24N2O3. The minimum atomic E-state index is 0.0697. The topological polar surface area (TPSA) is 65.0 Å².